The van der Waals surface area contributed by atoms with E-state index in [0.29, 0.717) is 6.54 Å². The van der Waals surface area contributed by atoms with E-state index >= 15 is 0 Å². The van der Waals surface area contributed by atoms with Crippen LogP contribution in [0.15, 0.2) is 48.8 Å². The highest BCUT2D eigenvalue weighted by atomic mass is 16.2. The van der Waals surface area contributed by atoms with Crippen molar-refractivity contribution >= 4 is 5.91 Å². The predicted octanol–water partition coefficient (Wildman–Crippen LogP) is 1.32. The van der Waals surface area contributed by atoms with Gasteiger partial charge < -0.3 is 15.2 Å². The first-order valence-corrected chi connectivity index (χ1v) is 7.01. The van der Waals surface area contributed by atoms with Gasteiger partial charge in [-0.3, -0.25) is 4.79 Å². The monoisotopic (exact) mass is 269 g/mol. The standard InChI is InChI=1S/C16H19N3O/c20-16(17-7-10-19-8-3-4-9-19)15-11-13-5-1-2-6-14(13)12-18-15/h1-6,8-9,15,18H,7,10-12H2,(H,17,20)/t15-/m1/s1. The lowest BCUT2D eigenvalue weighted by Crippen LogP contribution is -2.48. The minimum absolute atomic E-state index is 0.0895. The van der Waals surface area contributed by atoms with Gasteiger partial charge in [-0.1, -0.05) is 24.3 Å². The summed E-state index contributed by atoms with van der Waals surface area (Å²) in [5.41, 5.74) is 2.57. The summed E-state index contributed by atoms with van der Waals surface area (Å²) in [6.45, 7) is 2.24. The molecule has 1 aliphatic heterocycles. The van der Waals surface area contributed by atoms with E-state index in [0.717, 1.165) is 19.5 Å². The smallest absolute Gasteiger partial charge is 0.237 e. The minimum atomic E-state index is -0.116. The largest absolute Gasteiger partial charge is 0.353 e. The van der Waals surface area contributed by atoms with E-state index in [1.807, 2.05) is 36.7 Å². The molecule has 0 spiro atoms. The molecular formula is C16H19N3O. The molecule has 3 rings (SSSR count). The molecule has 2 heterocycles. The number of hydrogen-bond donors (Lipinski definition) is 2. The molecule has 0 radical (unpaired) electrons. The number of nitrogens with zero attached hydrogens (tertiary/aromatic N) is 1. The number of carbonyl (C=O) groups is 1. The highest BCUT2D eigenvalue weighted by Crippen LogP contribution is 2.16. The van der Waals surface area contributed by atoms with Crippen molar-refractivity contribution in [2.24, 2.45) is 0 Å². The van der Waals surface area contributed by atoms with Crippen molar-refractivity contribution < 1.29 is 4.79 Å². The van der Waals surface area contributed by atoms with Crippen LogP contribution in [0.3, 0.4) is 0 Å². The first kappa shape index (κ1) is 12.9. The molecule has 1 aromatic carbocycles. The van der Waals surface area contributed by atoms with Gasteiger partial charge in [0.15, 0.2) is 0 Å². The van der Waals surface area contributed by atoms with E-state index in [9.17, 15) is 4.79 Å². The summed E-state index contributed by atoms with van der Waals surface area (Å²) in [7, 11) is 0. The van der Waals surface area contributed by atoms with Crippen LogP contribution in [0.4, 0.5) is 0 Å². The Kier molecular flexibility index (Phi) is 3.83. The van der Waals surface area contributed by atoms with Gasteiger partial charge in [-0.05, 0) is 29.7 Å². The Hall–Kier alpha value is -2.07. The summed E-state index contributed by atoms with van der Waals surface area (Å²) in [5, 5.41) is 6.30. The van der Waals surface area contributed by atoms with Gasteiger partial charge in [0.2, 0.25) is 5.91 Å². The van der Waals surface area contributed by atoms with Crippen LogP contribution in [0.2, 0.25) is 0 Å². The van der Waals surface area contributed by atoms with Crippen molar-refractivity contribution in [2.45, 2.75) is 25.6 Å². The molecule has 0 aliphatic carbocycles. The lowest BCUT2D eigenvalue weighted by Gasteiger charge is -2.25. The first-order chi connectivity index (χ1) is 9.83. The summed E-state index contributed by atoms with van der Waals surface area (Å²) >= 11 is 0. The van der Waals surface area contributed by atoms with E-state index in [4.69, 9.17) is 0 Å². The van der Waals surface area contributed by atoms with Crippen LogP contribution in [0, 0.1) is 0 Å². The summed E-state index contributed by atoms with van der Waals surface area (Å²) in [5.74, 6) is 0.0895. The second-order valence-corrected chi connectivity index (χ2v) is 5.12. The molecule has 4 nitrogen and oxygen atoms in total. The third-order valence-electron chi connectivity index (χ3n) is 3.73. The fourth-order valence-corrected chi connectivity index (χ4v) is 2.59. The van der Waals surface area contributed by atoms with Crippen LogP contribution in [-0.4, -0.2) is 23.1 Å². The van der Waals surface area contributed by atoms with Crippen LogP contribution in [0.5, 0.6) is 0 Å². The van der Waals surface area contributed by atoms with Gasteiger partial charge in [0.05, 0.1) is 6.04 Å². The van der Waals surface area contributed by atoms with Gasteiger partial charge in [0.25, 0.3) is 0 Å². The Morgan fingerprint density at radius 2 is 1.95 bits per heavy atom. The summed E-state index contributed by atoms with van der Waals surface area (Å²) in [6, 6.07) is 12.2. The Morgan fingerprint density at radius 1 is 1.20 bits per heavy atom. The Morgan fingerprint density at radius 3 is 2.75 bits per heavy atom. The summed E-state index contributed by atoms with van der Waals surface area (Å²) in [6.07, 6.45) is 4.77. The van der Waals surface area contributed by atoms with E-state index < -0.39 is 0 Å². The lowest BCUT2D eigenvalue weighted by atomic mass is 9.95. The van der Waals surface area contributed by atoms with Crippen molar-refractivity contribution in [2.75, 3.05) is 6.54 Å². The predicted molar refractivity (Wildman–Crippen MR) is 78.2 cm³/mol. The number of carbonyl (C=O) groups excluding carboxylic acids is 1. The third-order valence-corrected chi connectivity index (χ3v) is 3.73. The lowest BCUT2D eigenvalue weighted by molar-refractivity contribution is -0.123. The molecule has 1 aliphatic rings. The molecule has 0 bridgehead atoms. The molecule has 1 aromatic heterocycles. The maximum Gasteiger partial charge on any atom is 0.237 e. The van der Waals surface area contributed by atoms with Crippen LogP contribution in [0.25, 0.3) is 0 Å². The third kappa shape index (κ3) is 2.91. The molecule has 1 atom stereocenters. The van der Waals surface area contributed by atoms with E-state index in [-0.39, 0.29) is 11.9 Å². The first-order valence-electron chi connectivity index (χ1n) is 7.01. The number of rotatable bonds is 4. The van der Waals surface area contributed by atoms with Gasteiger partial charge in [-0.15, -0.1) is 0 Å². The Balaban J connectivity index is 1.51. The normalized spacial score (nSPS) is 17.5. The maximum atomic E-state index is 12.2. The average molecular weight is 269 g/mol. The number of amides is 1. The molecule has 0 saturated carbocycles. The fourth-order valence-electron chi connectivity index (χ4n) is 2.59. The fraction of sp³-hybridized carbons (Fsp3) is 0.312. The van der Waals surface area contributed by atoms with Gasteiger partial charge in [-0.25, -0.2) is 0 Å². The molecule has 2 aromatic rings. The van der Waals surface area contributed by atoms with E-state index in [1.165, 1.54) is 11.1 Å². The number of hydrogen-bond acceptors (Lipinski definition) is 2. The highest BCUT2D eigenvalue weighted by molar-refractivity contribution is 5.82. The van der Waals surface area contributed by atoms with Gasteiger partial charge in [0.1, 0.15) is 0 Å². The van der Waals surface area contributed by atoms with Crippen molar-refractivity contribution in [3.63, 3.8) is 0 Å². The number of fused-ring (bicyclic) bond motifs is 1. The average Bonchev–Trinajstić information content (AvgIpc) is 3.00. The number of benzene rings is 1. The number of nitrogens with one attached hydrogen (secondary N) is 2. The zero-order chi connectivity index (χ0) is 13.8. The number of aromatic nitrogens is 1. The summed E-state index contributed by atoms with van der Waals surface area (Å²) in [4.78, 5) is 12.2. The quantitative estimate of drug-likeness (QED) is 0.879. The molecule has 0 saturated heterocycles. The zero-order valence-corrected chi connectivity index (χ0v) is 11.4. The van der Waals surface area contributed by atoms with Crippen molar-refractivity contribution in [3.8, 4) is 0 Å². The second kappa shape index (κ2) is 5.92. The maximum absolute atomic E-state index is 12.2. The van der Waals surface area contributed by atoms with Crippen LogP contribution in [-0.2, 0) is 24.3 Å². The molecule has 2 N–H and O–H groups in total. The molecule has 1 amide bonds. The van der Waals surface area contributed by atoms with E-state index in [2.05, 4.69) is 27.3 Å². The molecule has 4 heteroatoms. The van der Waals surface area contributed by atoms with Crippen LogP contribution < -0.4 is 10.6 Å². The second-order valence-electron chi connectivity index (χ2n) is 5.12. The van der Waals surface area contributed by atoms with Crippen LogP contribution in [0.1, 0.15) is 11.1 Å². The SMILES string of the molecule is O=C(NCCn1cccc1)[C@H]1Cc2ccccc2CN1. The van der Waals surface area contributed by atoms with Crippen molar-refractivity contribution in [1.29, 1.82) is 0 Å². The van der Waals surface area contributed by atoms with E-state index in [1.54, 1.807) is 0 Å². The van der Waals surface area contributed by atoms with Gasteiger partial charge in [-0.2, -0.15) is 0 Å². The zero-order valence-electron chi connectivity index (χ0n) is 11.4. The summed E-state index contributed by atoms with van der Waals surface area (Å²) < 4.78 is 2.06. The molecule has 20 heavy (non-hydrogen) atoms. The highest BCUT2D eigenvalue weighted by Gasteiger charge is 2.23. The van der Waals surface area contributed by atoms with Crippen molar-refractivity contribution in [3.05, 3.63) is 59.9 Å². The molecule has 0 unspecified atom stereocenters. The molecular weight excluding hydrogens is 250 g/mol. The minimum Gasteiger partial charge on any atom is -0.353 e. The Bertz CT molecular complexity index is 577. The molecule has 0 fully saturated rings. The topological polar surface area (TPSA) is 46.1 Å². The van der Waals surface area contributed by atoms with Gasteiger partial charge in [0, 0.05) is 32.0 Å². The van der Waals surface area contributed by atoms with Crippen LogP contribution >= 0.6 is 0 Å². The molecule has 104 valence electrons. The Labute approximate surface area is 118 Å². The van der Waals surface area contributed by atoms with Crippen molar-refractivity contribution in [1.82, 2.24) is 15.2 Å². The van der Waals surface area contributed by atoms with Gasteiger partial charge >= 0.3 is 0 Å².